The highest BCUT2D eigenvalue weighted by Gasteiger charge is 2.38. The molecule has 8 nitrogen and oxygen atoms in total. The number of rotatable bonds is 11. The average molecular weight is 480 g/mol. The molecule has 0 spiro atoms. The van der Waals surface area contributed by atoms with Crippen LogP contribution in [-0.4, -0.2) is 28.8 Å². The normalized spacial score (nSPS) is 10.9. The number of nitrogens with one attached hydrogen (secondary N) is 2. The minimum Gasteiger partial charge on any atom is -0.352 e. The molecule has 2 N–H and O–H groups in total. The predicted molar refractivity (Wildman–Crippen MR) is 142 cm³/mol. The minimum absolute atomic E-state index is 0.211. The van der Waals surface area contributed by atoms with Gasteiger partial charge >= 0.3 is 0 Å². The molecule has 0 fully saturated rings. The lowest BCUT2D eigenvalue weighted by Crippen LogP contribution is -2.39. The van der Waals surface area contributed by atoms with E-state index in [0.717, 1.165) is 23.1 Å². The van der Waals surface area contributed by atoms with Crippen LogP contribution in [0.3, 0.4) is 0 Å². The molecule has 8 heteroatoms. The van der Waals surface area contributed by atoms with Crippen LogP contribution < -0.4 is 10.6 Å². The third-order valence-corrected chi connectivity index (χ3v) is 6.14. The average Bonchev–Trinajstić information content (AvgIpc) is 3.30. The van der Waals surface area contributed by atoms with Gasteiger partial charge in [0.15, 0.2) is 0 Å². The Bertz CT molecular complexity index is 1220. The van der Waals surface area contributed by atoms with E-state index in [1.54, 1.807) is 10.9 Å². The highest BCUT2D eigenvalue weighted by atomic mass is 16.1. The number of carbonyl (C=O) groups excluding carboxylic acids is 1. The van der Waals surface area contributed by atoms with Crippen molar-refractivity contribution in [3.63, 3.8) is 0 Å². The predicted octanol–water partition coefficient (Wildman–Crippen LogP) is 5.64. The first-order chi connectivity index (χ1) is 17.7. The molecule has 0 unspecified atom stereocenters. The van der Waals surface area contributed by atoms with Crippen LogP contribution in [0.1, 0.15) is 39.9 Å². The van der Waals surface area contributed by atoms with E-state index in [1.165, 1.54) is 0 Å². The van der Waals surface area contributed by atoms with Gasteiger partial charge in [-0.2, -0.15) is 5.10 Å². The minimum atomic E-state index is -0.776. The van der Waals surface area contributed by atoms with Crippen molar-refractivity contribution in [2.75, 3.05) is 18.4 Å². The third-order valence-electron chi connectivity index (χ3n) is 6.14. The summed E-state index contributed by atoms with van der Waals surface area (Å²) in [6, 6.07) is 30.6. The quantitative estimate of drug-likeness (QED) is 0.0955. The molecule has 3 aromatic carbocycles. The molecule has 1 heterocycles. The van der Waals surface area contributed by atoms with E-state index in [4.69, 9.17) is 5.53 Å². The molecule has 1 amide bonds. The van der Waals surface area contributed by atoms with Gasteiger partial charge in [-0.3, -0.25) is 9.48 Å². The van der Waals surface area contributed by atoms with Gasteiger partial charge in [-0.05, 0) is 35.1 Å². The van der Waals surface area contributed by atoms with Gasteiger partial charge in [-0.25, -0.2) is 0 Å². The molecule has 4 rings (SSSR count). The number of unbranched alkanes of at least 4 members (excludes halogenated alkanes) is 1. The van der Waals surface area contributed by atoms with Gasteiger partial charge < -0.3 is 10.6 Å². The number of amides is 1. The second-order valence-corrected chi connectivity index (χ2v) is 8.42. The Morgan fingerprint density at radius 1 is 0.917 bits per heavy atom. The maximum Gasteiger partial charge on any atom is 0.256 e. The fourth-order valence-corrected chi connectivity index (χ4v) is 4.36. The molecule has 182 valence electrons. The molecule has 0 aliphatic carbocycles. The Kier molecular flexibility index (Phi) is 8.01. The van der Waals surface area contributed by atoms with Gasteiger partial charge in [0, 0.05) is 25.0 Å². The maximum absolute atomic E-state index is 13.2. The van der Waals surface area contributed by atoms with E-state index < -0.39 is 5.54 Å². The van der Waals surface area contributed by atoms with Crippen LogP contribution in [0.25, 0.3) is 10.4 Å². The highest BCUT2D eigenvalue weighted by Crippen LogP contribution is 2.40. The number of hydrogen-bond acceptors (Lipinski definition) is 4. The number of aromatic nitrogens is 2. The van der Waals surface area contributed by atoms with Crippen molar-refractivity contribution in [3.05, 3.63) is 130 Å². The van der Waals surface area contributed by atoms with Crippen LogP contribution >= 0.6 is 0 Å². The molecule has 1 aromatic heterocycles. The maximum atomic E-state index is 13.2. The fraction of sp³-hybridized carbons (Fsp3) is 0.214. The van der Waals surface area contributed by atoms with Crippen LogP contribution in [0.5, 0.6) is 0 Å². The lowest BCUT2D eigenvalue weighted by atomic mass is 9.77. The zero-order chi connectivity index (χ0) is 25.2. The summed E-state index contributed by atoms with van der Waals surface area (Å²) in [6.45, 7) is 0.898. The van der Waals surface area contributed by atoms with Gasteiger partial charge in [0.05, 0.1) is 6.20 Å². The molecule has 0 bridgehead atoms. The van der Waals surface area contributed by atoms with Crippen molar-refractivity contribution >= 4 is 11.7 Å². The number of hydrogen-bond donors (Lipinski definition) is 2. The van der Waals surface area contributed by atoms with Crippen molar-refractivity contribution in [3.8, 4) is 0 Å². The summed E-state index contributed by atoms with van der Waals surface area (Å²) in [5, 5.41) is 14.7. The number of nitrogens with zero attached hydrogens (tertiary/aromatic N) is 5. The summed E-state index contributed by atoms with van der Waals surface area (Å²) in [5.74, 6) is 0.399. The van der Waals surface area contributed by atoms with E-state index >= 15 is 0 Å². The Hall–Kier alpha value is -4.55. The van der Waals surface area contributed by atoms with Gasteiger partial charge in [0.25, 0.3) is 5.91 Å². The number of anilines is 1. The molecule has 0 aliphatic rings. The van der Waals surface area contributed by atoms with E-state index in [2.05, 4.69) is 62.2 Å². The van der Waals surface area contributed by atoms with Crippen molar-refractivity contribution in [2.24, 2.45) is 12.2 Å². The van der Waals surface area contributed by atoms with E-state index in [0.29, 0.717) is 30.9 Å². The molecule has 0 radical (unpaired) electrons. The molecule has 0 aliphatic heterocycles. The summed E-state index contributed by atoms with van der Waals surface area (Å²) in [7, 11) is 1.82. The fourth-order valence-electron chi connectivity index (χ4n) is 4.36. The van der Waals surface area contributed by atoms with Crippen molar-refractivity contribution in [1.29, 1.82) is 0 Å². The molecular weight excluding hydrogens is 450 g/mol. The largest absolute Gasteiger partial charge is 0.352 e. The monoisotopic (exact) mass is 479 g/mol. The highest BCUT2D eigenvalue weighted by molar-refractivity contribution is 5.99. The summed E-state index contributed by atoms with van der Waals surface area (Å²) >= 11 is 0. The number of azide groups is 1. The first kappa shape index (κ1) is 24.6. The molecular formula is C28H29N7O. The van der Waals surface area contributed by atoms with Crippen LogP contribution in [0.4, 0.5) is 5.82 Å². The zero-order valence-electron chi connectivity index (χ0n) is 20.2. The first-order valence-corrected chi connectivity index (χ1v) is 11.9. The molecule has 36 heavy (non-hydrogen) atoms. The lowest BCUT2D eigenvalue weighted by molar-refractivity contribution is 0.0953. The molecule has 4 aromatic rings. The van der Waals surface area contributed by atoms with Gasteiger partial charge in [-0.1, -0.05) is 96.1 Å². The second-order valence-electron chi connectivity index (χ2n) is 8.42. The number of aryl methyl sites for hydroxylation is 1. The smallest absolute Gasteiger partial charge is 0.256 e. The summed E-state index contributed by atoms with van der Waals surface area (Å²) in [6.07, 6.45) is 3.01. The summed E-state index contributed by atoms with van der Waals surface area (Å²) < 4.78 is 1.69. The van der Waals surface area contributed by atoms with Crippen LogP contribution in [0, 0.1) is 0 Å². The SMILES string of the molecule is Cn1ncc(C(=O)NCCCCN=[N+]=[N-])c1NC(c1ccccc1)(c1ccccc1)c1ccccc1. The van der Waals surface area contributed by atoms with Gasteiger partial charge in [0.2, 0.25) is 0 Å². The zero-order valence-corrected chi connectivity index (χ0v) is 20.2. The third kappa shape index (κ3) is 5.24. The molecule has 0 atom stereocenters. The van der Waals surface area contributed by atoms with Crippen LogP contribution in [0.15, 0.2) is 102 Å². The first-order valence-electron chi connectivity index (χ1n) is 11.9. The van der Waals surface area contributed by atoms with E-state index in [1.807, 2.05) is 61.6 Å². The lowest BCUT2D eigenvalue weighted by Gasteiger charge is -2.38. The Labute approximate surface area is 210 Å². The Balaban J connectivity index is 1.75. The van der Waals surface area contributed by atoms with Crippen LogP contribution in [0.2, 0.25) is 0 Å². The summed E-state index contributed by atoms with van der Waals surface area (Å²) in [4.78, 5) is 15.9. The second kappa shape index (κ2) is 11.7. The van der Waals surface area contributed by atoms with Crippen molar-refractivity contribution in [2.45, 2.75) is 18.4 Å². The van der Waals surface area contributed by atoms with E-state index in [9.17, 15) is 4.79 Å². The van der Waals surface area contributed by atoms with Crippen molar-refractivity contribution < 1.29 is 4.79 Å². The Morgan fingerprint density at radius 2 is 1.44 bits per heavy atom. The molecule has 0 saturated carbocycles. The van der Waals surface area contributed by atoms with Crippen molar-refractivity contribution in [1.82, 2.24) is 15.1 Å². The van der Waals surface area contributed by atoms with Crippen LogP contribution in [-0.2, 0) is 12.6 Å². The van der Waals surface area contributed by atoms with Gasteiger partial charge in [0.1, 0.15) is 16.9 Å². The number of benzene rings is 3. The topological polar surface area (TPSA) is 108 Å². The Morgan fingerprint density at radius 3 is 1.94 bits per heavy atom. The van der Waals surface area contributed by atoms with Gasteiger partial charge in [-0.15, -0.1) is 0 Å². The molecule has 0 saturated heterocycles. The standard InChI is InChI=1S/C28H29N7O/c1-35-26(25(21-32-35)27(36)30-19-11-12-20-31-34-29)33-28(22-13-5-2-6-14-22,23-15-7-3-8-16-23)24-17-9-4-10-18-24/h2-10,13-18,21,33H,11-12,19-20H2,1H3,(H,30,36). The van der Waals surface area contributed by atoms with E-state index in [-0.39, 0.29) is 5.91 Å². The number of carbonyl (C=O) groups is 1. The summed E-state index contributed by atoms with van der Waals surface area (Å²) in [5.41, 5.74) is 11.2.